The number of halogens is 2. The molecule has 0 aromatic rings. The van der Waals surface area contributed by atoms with Gasteiger partial charge in [-0.1, -0.05) is 0 Å². The first-order valence-corrected chi connectivity index (χ1v) is 4.49. The number of hydrogen-bond acceptors (Lipinski definition) is 3. The van der Waals surface area contributed by atoms with Crippen molar-refractivity contribution in [2.75, 3.05) is 13.2 Å². The Balaban J connectivity index is 4.13. The number of rotatable bonds is 4. The predicted molar refractivity (Wildman–Crippen MR) is 49.3 cm³/mol. The van der Waals surface area contributed by atoms with Gasteiger partial charge in [0.15, 0.2) is 0 Å². The average Bonchev–Trinajstić information content (AvgIpc) is 2.00. The van der Waals surface area contributed by atoms with Gasteiger partial charge in [0, 0.05) is 5.54 Å². The number of alkyl halides is 2. The molecule has 0 aliphatic heterocycles. The molecule has 0 unspecified atom stereocenters. The monoisotopic (exact) mass is 209 g/mol. The molecule has 5 heteroatoms. The van der Waals surface area contributed by atoms with Crippen molar-refractivity contribution in [3.05, 3.63) is 0 Å². The van der Waals surface area contributed by atoms with Crippen LogP contribution in [0, 0.1) is 0 Å². The van der Waals surface area contributed by atoms with Crippen molar-refractivity contribution in [1.29, 1.82) is 0 Å². The summed E-state index contributed by atoms with van der Waals surface area (Å²) in [5.74, 6) is -4.93. The molecular formula is C9H17F2NO2. The number of nitrogens with one attached hydrogen (secondary N) is 1. The smallest absolute Gasteiger partial charge is 0.378 e. The first kappa shape index (κ1) is 13.3. The van der Waals surface area contributed by atoms with E-state index in [0.717, 1.165) is 0 Å². The molecule has 0 saturated carbocycles. The lowest BCUT2D eigenvalue weighted by molar-refractivity contribution is -0.171. The van der Waals surface area contributed by atoms with Crippen LogP contribution in [0.2, 0.25) is 0 Å². The van der Waals surface area contributed by atoms with Crippen molar-refractivity contribution in [1.82, 2.24) is 5.32 Å². The highest BCUT2D eigenvalue weighted by Crippen LogP contribution is 2.15. The highest BCUT2D eigenvalue weighted by molar-refractivity contribution is 5.77. The third-order valence-corrected chi connectivity index (χ3v) is 1.41. The fraction of sp³-hybridized carbons (Fsp3) is 0.889. The van der Waals surface area contributed by atoms with E-state index in [2.05, 4.69) is 10.1 Å². The zero-order chi connectivity index (χ0) is 11.4. The van der Waals surface area contributed by atoms with E-state index in [9.17, 15) is 13.6 Å². The molecule has 0 radical (unpaired) electrons. The Kier molecular flexibility index (Phi) is 4.45. The Morgan fingerprint density at radius 2 is 1.86 bits per heavy atom. The van der Waals surface area contributed by atoms with Gasteiger partial charge in [0.2, 0.25) is 0 Å². The molecule has 0 heterocycles. The van der Waals surface area contributed by atoms with Crippen molar-refractivity contribution >= 4 is 5.97 Å². The molecular weight excluding hydrogens is 192 g/mol. The summed E-state index contributed by atoms with van der Waals surface area (Å²) in [6.45, 7) is 5.99. The zero-order valence-corrected chi connectivity index (χ0v) is 8.99. The molecule has 0 aromatic heterocycles. The van der Waals surface area contributed by atoms with E-state index in [4.69, 9.17) is 0 Å². The van der Waals surface area contributed by atoms with Crippen LogP contribution in [-0.4, -0.2) is 30.6 Å². The molecule has 0 fully saturated rings. The van der Waals surface area contributed by atoms with Gasteiger partial charge in [-0.15, -0.1) is 0 Å². The molecule has 0 spiro atoms. The van der Waals surface area contributed by atoms with Gasteiger partial charge in [-0.2, -0.15) is 8.78 Å². The second-order valence-electron chi connectivity index (χ2n) is 4.03. The third kappa shape index (κ3) is 5.11. The quantitative estimate of drug-likeness (QED) is 0.714. The van der Waals surface area contributed by atoms with Crippen molar-refractivity contribution < 1.29 is 18.3 Å². The summed E-state index contributed by atoms with van der Waals surface area (Å²) in [7, 11) is 0. The van der Waals surface area contributed by atoms with Gasteiger partial charge in [-0.05, 0) is 27.7 Å². The molecule has 0 aliphatic carbocycles. The van der Waals surface area contributed by atoms with E-state index in [1.807, 2.05) is 0 Å². The molecule has 0 amide bonds. The van der Waals surface area contributed by atoms with Crippen LogP contribution in [0.4, 0.5) is 8.78 Å². The van der Waals surface area contributed by atoms with Gasteiger partial charge in [-0.25, -0.2) is 4.79 Å². The highest BCUT2D eigenvalue weighted by Gasteiger charge is 2.40. The van der Waals surface area contributed by atoms with Crippen LogP contribution in [0.3, 0.4) is 0 Å². The lowest BCUT2D eigenvalue weighted by atomic mass is 10.1. The van der Waals surface area contributed by atoms with Crippen molar-refractivity contribution in [3.63, 3.8) is 0 Å². The first-order valence-electron chi connectivity index (χ1n) is 4.49. The van der Waals surface area contributed by atoms with Crippen LogP contribution >= 0.6 is 0 Å². The maximum Gasteiger partial charge on any atom is 0.378 e. The summed E-state index contributed by atoms with van der Waals surface area (Å²) >= 11 is 0. The van der Waals surface area contributed by atoms with E-state index in [1.165, 1.54) is 6.92 Å². The fourth-order valence-corrected chi connectivity index (χ4v) is 0.685. The molecule has 0 saturated heterocycles. The predicted octanol–water partition coefficient (Wildman–Crippen LogP) is 1.57. The van der Waals surface area contributed by atoms with Gasteiger partial charge in [0.1, 0.15) is 0 Å². The Labute approximate surface area is 82.8 Å². The van der Waals surface area contributed by atoms with Crippen molar-refractivity contribution in [3.8, 4) is 0 Å². The van der Waals surface area contributed by atoms with E-state index in [-0.39, 0.29) is 6.61 Å². The summed E-state index contributed by atoms with van der Waals surface area (Å²) in [6.07, 6.45) is 0. The second kappa shape index (κ2) is 4.68. The SMILES string of the molecule is CCOC(=O)C(F)(F)CNC(C)(C)C. The molecule has 0 atom stereocenters. The Hall–Kier alpha value is -0.710. The van der Waals surface area contributed by atoms with Gasteiger partial charge >= 0.3 is 11.9 Å². The van der Waals surface area contributed by atoms with Gasteiger partial charge < -0.3 is 10.1 Å². The van der Waals surface area contributed by atoms with Crippen LogP contribution in [0.5, 0.6) is 0 Å². The summed E-state index contributed by atoms with van der Waals surface area (Å²) in [4.78, 5) is 10.8. The fourth-order valence-electron chi connectivity index (χ4n) is 0.685. The maximum absolute atomic E-state index is 13.0. The minimum absolute atomic E-state index is 0.0378. The molecule has 0 rings (SSSR count). The minimum atomic E-state index is -3.46. The Morgan fingerprint density at radius 1 is 1.36 bits per heavy atom. The average molecular weight is 209 g/mol. The summed E-state index contributed by atoms with van der Waals surface area (Å²) in [5, 5.41) is 2.55. The summed E-state index contributed by atoms with van der Waals surface area (Å²) in [5.41, 5.74) is -0.448. The van der Waals surface area contributed by atoms with Gasteiger partial charge in [0.05, 0.1) is 13.2 Å². The van der Waals surface area contributed by atoms with Crippen LogP contribution < -0.4 is 5.32 Å². The van der Waals surface area contributed by atoms with Crippen LogP contribution in [0.25, 0.3) is 0 Å². The molecule has 1 N–H and O–H groups in total. The number of esters is 1. The lowest BCUT2D eigenvalue weighted by Crippen LogP contribution is -2.47. The maximum atomic E-state index is 13.0. The van der Waals surface area contributed by atoms with Crippen molar-refractivity contribution in [2.45, 2.75) is 39.2 Å². The van der Waals surface area contributed by atoms with Gasteiger partial charge in [0.25, 0.3) is 0 Å². The van der Waals surface area contributed by atoms with E-state index in [0.29, 0.717) is 0 Å². The van der Waals surface area contributed by atoms with E-state index in [1.54, 1.807) is 20.8 Å². The Bertz CT molecular complexity index is 199. The molecule has 0 aliphatic rings. The highest BCUT2D eigenvalue weighted by atomic mass is 19.3. The molecule has 14 heavy (non-hydrogen) atoms. The van der Waals surface area contributed by atoms with E-state index < -0.39 is 24.0 Å². The Morgan fingerprint density at radius 3 is 2.21 bits per heavy atom. The summed E-state index contributed by atoms with van der Waals surface area (Å²) < 4.78 is 30.2. The normalized spacial score (nSPS) is 12.7. The number of carbonyl (C=O) groups is 1. The standard InChI is InChI=1S/C9H17F2NO2/c1-5-14-7(13)9(10,11)6-12-8(2,3)4/h12H,5-6H2,1-4H3. The zero-order valence-electron chi connectivity index (χ0n) is 8.99. The van der Waals surface area contributed by atoms with Crippen molar-refractivity contribution in [2.24, 2.45) is 0 Å². The number of carbonyl (C=O) groups excluding carboxylic acids is 1. The number of hydrogen-bond donors (Lipinski definition) is 1. The van der Waals surface area contributed by atoms with Crippen LogP contribution in [0.15, 0.2) is 0 Å². The molecule has 84 valence electrons. The molecule has 0 bridgehead atoms. The summed E-state index contributed by atoms with van der Waals surface area (Å²) in [6, 6.07) is 0. The van der Waals surface area contributed by atoms with Gasteiger partial charge in [-0.3, -0.25) is 0 Å². The van der Waals surface area contributed by atoms with Crippen LogP contribution in [0.1, 0.15) is 27.7 Å². The lowest BCUT2D eigenvalue weighted by Gasteiger charge is -2.23. The largest absolute Gasteiger partial charge is 0.462 e. The first-order chi connectivity index (χ1) is 6.19. The third-order valence-electron chi connectivity index (χ3n) is 1.41. The molecule has 3 nitrogen and oxygen atoms in total. The second-order valence-corrected chi connectivity index (χ2v) is 4.03. The van der Waals surface area contributed by atoms with E-state index >= 15 is 0 Å². The molecule has 0 aromatic carbocycles. The number of ether oxygens (including phenoxy) is 1. The van der Waals surface area contributed by atoms with Crippen LogP contribution in [-0.2, 0) is 9.53 Å². The topological polar surface area (TPSA) is 38.3 Å². The minimum Gasteiger partial charge on any atom is -0.462 e.